The number of nitrogens with one attached hydrogen (secondary N) is 1. The third-order valence-electron chi connectivity index (χ3n) is 6.52. The van der Waals surface area contributed by atoms with E-state index in [0.717, 1.165) is 13.0 Å². The van der Waals surface area contributed by atoms with E-state index in [0.29, 0.717) is 45.3 Å². The van der Waals surface area contributed by atoms with Crippen LogP contribution in [0.4, 0.5) is 0 Å². The number of sulfonamides is 1. The summed E-state index contributed by atoms with van der Waals surface area (Å²) in [5.74, 6) is -0.155. The number of hydrogen-bond donors (Lipinski definition) is 1. The van der Waals surface area contributed by atoms with Gasteiger partial charge in [0.1, 0.15) is 0 Å². The minimum absolute atomic E-state index is 0.0289. The van der Waals surface area contributed by atoms with E-state index >= 15 is 0 Å². The molecule has 1 aromatic rings. The van der Waals surface area contributed by atoms with E-state index in [1.807, 2.05) is 4.90 Å². The monoisotopic (exact) mass is 405 g/mol. The zero-order valence-electron chi connectivity index (χ0n) is 16.0. The van der Waals surface area contributed by atoms with Crippen molar-refractivity contribution < 1.29 is 18.0 Å². The number of carbonyl (C=O) groups is 2. The summed E-state index contributed by atoms with van der Waals surface area (Å²) >= 11 is 0. The molecule has 1 spiro atoms. The number of carbonyl (C=O) groups excluding carboxylic acids is 2. The summed E-state index contributed by atoms with van der Waals surface area (Å²) in [7, 11) is -3.58. The Morgan fingerprint density at radius 2 is 1.79 bits per heavy atom. The standard InChI is InChI=1S/C20H27N3O4S/c24-18(22-13-9-20(10-14-22)8-11-21-19(20)25)16-5-4-12-23(15-16)28(26,27)17-6-2-1-3-7-17/h1-3,6-7,16H,4-5,8-15H2,(H,21,25)/t16-/m0/s1. The average molecular weight is 406 g/mol. The smallest absolute Gasteiger partial charge is 0.243 e. The minimum Gasteiger partial charge on any atom is -0.356 e. The summed E-state index contributed by atoms with van der Waals surface area (Å²) in [6, 6.07) is 8.40. The first-order valence-electron chi connectivity index (χ1n) is 10.0. The Balaban J connectivity index is 1.41. The molecule has 3 heterocycles. The van der Waals surface area contributed by atoms with Gasteiger partial charge in [-0.2, -0.15) is 4.31 Å². The highest BCUT2D eigenvalue weighted by Crippen LogP contribution is 2.38. The summed E-state index contributed by atoms with van der Waals surface area (Å²) < 4.78 is 27.2. The molecule has 4 rings (SSSR count). The lowest BCUT2D eigenvalue weighted by molar-refractivity contribution is -0.142. The molecular formula is C20H27N3O4S. The number of nitrogens with zero attached hydrogens (tertiary/aromatic N) is 2. The van der Waals surface area contributed by atoms with Crippen LogP contribution in [0.3, 0.4) is 0 Å². The molecule has 0 aliphatic carbocycles. The number of piperidine rings is 2. The van der Waals surface area contributed by atoms with Crippen molar-refractivity contribution in [2.45, 2.75) is 37.0 Å². The molecule has 0 unspecified atom stereocenters. The Kier molecular flexibility index (Phi) is 5.18. The van der Waals surface area contributed by atoms with Gasteiger partial charge in [0.05, 0.1) is 16.2 Å². The van der Waals surface area contributed by atoms with Gasteiger partial charge in [0.2, 0.25) is 21.8 Å². The Morgan fingerprint density at radius 3 is 2.43 bits per heavy atom. The Hall–Kier alpha value is -1.93. The first-order chi connectivity index (χ1) is 13.4. The fourth-order valence-electron chi connectivity index (χ4n) is 4.71. The van der Waals surface area contributed by atoms with Gasteiger partial charge >= 0.3 is 0 Å². The Morgan fingerprint density at radius 1 is 1.07 bits per heavy atom. The van der Waals surface area contributed by atoms with E-state index in [2.05, 4.69) is 5.32 Å². The van der Waals surface area contributed by atoms with Gasteiger partial charge in [-0.25, -0.2) is 8.42 Å². The summed E-state index contributed by atoms with van der Waals surface area (Å²) in [5, 5.41) is 2.91. The topological polar surface area (TPSA) is 86.8 Å². The average Bonchev–Trinajstić information content (AvgIpc) is 3.08. The normalized spacial score (nSPS) is 25.6. The molecule has 0 bridgehead atoms. The Bertz CT molecular complexity index is 847. The fraction of sp³-hybridized carbons (Fsp3) is 0.600. The largest absolute Gasteiger partial charge is 0.356 e. The van der Waals surface area contributed by atoms with E-state index in [4.69, 9.17) is 0 Å². The summed E-state index contributed by atoms with van der Waals surface area (Å²) in [6.07, 6.45) is 3.64. The molecule has 3 saturated heterocycles. The molecule has 8 heteroatoms. The second kappa shape index (κ2) is 7.48. The third-order valence-corrected chi connectivity index (χ3v) is 8.40. The van der Waals surface area contributed by atoms with E-state index in [1.165, 1.54) is 4.31 Å². The zero-order chi connectivity index (χ0) is 19.8. The van der Waals surface area contributed by atoms with E-state index in [-0.39, 0.29) is 34.6 Å². The SMILES string of the molecule is O=C([C@H]1CCCN(S(=O)(=O)c2ccccc2)C1)N1CCC2(CCNC2=O)CC1. The van der Waals surface area contributed by atoms with E-state index in [9.17, 15) is 18.0 Å². The van der Waals surface area contributed by atoms with Crippen molar-refractivity contribution in [1.29, 1.82) is 0 Å². The van der Waals surface area contributed by atoms with Gasteiger partial charge in [-0.3, -0.25) is 9.59 Å². The van der Waals surface area contributed by atoms with E-state index < -0.39 is 10.0 Å². The summed E-state index contributed by atoms with van der Waals surface area (Å²) in [6.45, 7) is 2.56. The Labute approximate surface area is 166 Å². The second-order valence-electron chi connectivity index (χ2n) is 8.13. The van der Waals surface area contributed by atoms with Crippen LogP contribution >= 0.6 is 0 Å². The summed E-state index contributed by atoms with van der Waals surface area (Å²) in [4.78, 5) is 27.3. The zero-order valence-corrected chi connectivity index (χ0v) is 16.8. The number of benzene rings is 1. The lowest BCUT2D eigenvalue weighted by atomic mass is 9.77. The van der Waals surface area contributed by atoms with Gasteiger partial charge in [0.25, 0.3) is 0 Å². The molecule has 7 nitrogen and oxygen atoms in total. The van der Waals surface area contributed by atoms with Crippen molar-refractivity contribution in [2.75, 3.05) is 32.7 Å². The fourth-order valence-corrected chi connectivity index (χ4v) is 6.26. The molecule has 0 aromatic heterocycles. The van der Waals surface area contributed by atoms with Crippen LogP contribution in [0.5, 0.6) is 0 Å². The maximum absolute atomic E-state index is 13.1. The van der Waals surface area contributed by atoms with Gasteiger partial charge in [0.15, 0.2) is 0 Å². The van der Waals surface area contributed by atoms with Gasteiger partial charge < -0.3 is 10.2 Å². The van der Waals surface area contributed by atoms with Crippen molar-refractivity contribution in [3.8, 4) is 0 Å². The van der Waals surface area contributed by atoms with Crippen molar-refractivity contribution in [1.82, 2.24) is 14.5 Å². The second-order valence-corrected chi connectivity index (χ2v) is 10.1. The molecule has 0 radical (unpaired) electrons. The molecule has 152 valence electrons. The number of amides is 2. The van der Waals surface area contributed by atoms with Gasteiger partial charge in [-0.1, -0.05) is 18.2 Å². The number of hydrogen-bond acceptors (Lipinski definition) is 4. The maximum atomic E-state index is 13.1. The van der Waals surface area contributed by atoms with Crippen molar-refractivity contribution in [3.63, 3.8) is 0 Å². The minimum atomic E-state index is -3.58. The first kappa shape index (κ1) is 19.4. The van der Waals surface area contributed by atoms with Crippen LogP contribution in [-0.4, -0.2) is 62.2 Å². The highest BCUT2D eigenvalue weighted by atomic mass is 32.2. The van der Waals surface area contributed by atoms with Crippen LogP contribution in [0.15, 0.2) is 35.2 Å². The molecular weight excluding hydrogens is 378 g/mol. The van der Waals surface area contributed by atoms with Crippen LogP contribution < -0.4 is 5.32 Å². The molecule has 1 aromatic carbocycles. The molecule has 1 atom stereocenters. The van der Waals surface area contributed by atoms with Crippen LogP contribution in [0.2, 0.25) is 0 Å². The molecule has 28 heavy (non-hydrogen) atoms. The van der Waals surface area contributed by atoms with E-state index in [1.54, 1.807) is 30.3 Å². The van der Waals surface area contributed by atoms with Gasteiger partial charge in [-0.15, -0.1) is 0 Å². The predicted molar refractivity (Wildman–Crippen MR) is 104 cm³/mol. The summed E-state index contributed by atoms with van der Waals surface area (Å²) in [5.41, 5.74) is -0.300. The highest BCUT2D eigenvalue weighted by Gasteiger charge is 2.46. The number of rotatable bonds is 3. The van der Waals surface area contributed by atoms with Crippen molar-refractivity contribution >= 4 is 21.8 Å². The molecule has 3 fully saturated rings. The van der Waals surface area contributed by atoms with Crippen molar-refractivity contribution in [2.24, 2.45) is 11.3 Å². The molecule has 0 saturated carbocycles. The lowest BCUT2D eigenvalue weighted by Gasteiger charge is -2.40. The van der Waals surface area contributed by atoms with Crippen LogP contribution in [0.25, 0.3) is 0 Å². The van der Waals surface area contributed by atoms with Crippen LogP contribution in [-0.2, 0) is 19.6 Å². The highest BCUT2D eigenvalue weighted by molar-refractivity contribution is 7.89. The molecule has 2 amide bonds. The number of likely N-dealkylation sites (tertiary alicyclic amines) is 1. The van der Waals surface area contributed by atoms with Gasteiger partial charge in [0, 0.05) is 32.7 Å². The quantitative estimate of drug-likeness (QED) is 0.819. The predicted octanol–water partition coefficient (Wildman–Crippen LogP) is 1.22. The van der Waals surface area contributed by atoms with Crippen molar-refractivity contribution in [3.05, 3.63) is 30.3 Å². The molecule has 3 aliphatic rings. The maximum Gasteiger partial charge on any atom is 0.243 e. The molecule has 1 N–H and O–H groups in total. The van der Waals surface area contributed by atoms with Crippen LogP contribution in [0.1, 0.15) is 32.1 Å². The lowest BCUT2D eigenvalue weighted by Crippen LogP contribution is -2.51. The molecule has 3 aliphatic heterocycles. The first-order valence-corrected chi connectivity index (χ1v) is 11.5. The third kappa shape index (κ3) is 3.43. The van der Waals surface area contributed by atoms with Gasteiger partial charge in [-0.05, 0) is 44.2 Å². The van der Waals surface area contributed by atoms with Crippen LogP contribution in [0, 0.1) is 11.3 Å².